The number of hydrogen-bond acceptors (Lipinski definition) is 3. The first-order valence-electron chi connectivity index (χ1n) is 6.15. The van der Waals surface area contributed by atoms with Gasteiger partial charge in [0.15, 0.2) is 0 Å². The topological polar surface area (TPSA) is 78.4 Å². The van der Waals surface area contributed by atoms with Gasteiger partial charge in [-0.2, -0.15) is 0 Å². The average molecular weight is 347 g/mol. The van der Waals surface area contributed by atoms with Crippen molar-refractivity contribution in [3.05, 3.63) is 28.5 Å². The smallest absolute Gasteiger partial charge is 0.313 e. The summed E-state index contributed by atoms with van der Waals surface area (Å²) in [6.07, 6.45) is 0.981. The van der Waals surface area contributed by atoms with Gasteiger partial charge in [0.25, 0.3) is 0 Å². The first kappa shape index (κ1) is 16.6. The van der Waals surface area contributed by atoms with E-state index in [9.17, 15) is 14.0 Å². The van der Waals surface area contributed by atoms with Gasteiger partial charge in [-0.1, -0.05) is 6.92 Å². The van der Waals surface area contributed by atoms with Crippen LogP contribution in [0.2, 0.25) is 0 Å². The number of anilines is 1. The van der Waals surface area contributed by atoms with Crippen LogP contribution in [0.3, 0.4) is 0 Å². The predicted molar refractivity (Wildman–Crippen MR) is 76.7 cm³/mol. The Balaban J connectivity index is 2.61. The van der Waals surface area contributed by atoms with Crippen molar-refractivity contribution in [2.75, 3.05) is 11.9 Å². The lowest BCUT2D eigenvalue weighted by molar-refractivity contribution is -0.136. The molecule has 0 aliphatic rings. The molecule has 7 heteroatoms. The molecule has 5 nitrogen and oxygen atoms in total. The van der Waals surface area contributed by atoms with Gasteiger partial charge in [-0.25, -0.2) is 4.39 Å². The summed E-state index contributed by atoms with van der Waals surface area (Å²) < 4.78 is 13.5. The first-order valence-corrected chi connectivity index (χ1v) is 6.95. The van der Waals surface area contributed by atoms with E-state index in [0.29, 0.717) is 12.8 Å². The molecule has 0 aliphatic heterocycles. The van der Waals surface area contributed by atoms with E-state index >= 15 is 0 Å². The molecule has 2 amide bonds. The Morgan fingerprint density at radius 1 is 1.40 bits per heavy atom. The highest BCUT2D eigenvalue weighted by molar-refractivity contribution is 9.10. The van der Waals surface area contributed by atoms with E-state index in [2.05, 4.69) is 26.6 Å². The summed E-state index contributed by atoms with van der Waals surface area (Å²) in [7, 11) is 0. The van der Waals surface area contributed by atoms with Gasteiger partial charge in [0, 0.05) is 18.3 Å². The quantitative estimate of drug-likeness (QED) is 0.711. The van der Waals surface area contributed by atoms with E-state index in [1.54, 1.807) is 0 Å². The van der Waals surface area contributed by atoms with Crippen molar-refractivity contribution in [2.45, 2.75) is 25.8 Å². The highest BCUT2D eigenvalue weighted by atomic mass is 79.9. The molecule has 110 valence electrons. The lowest BCUT2D eigenvalue weighted by Gasteiger charge is -2.15. The summed E-state index contributed by atoms with van der Waals surface area (Å²) in [6.45, 7) is 1.76. The number of amides is 2. The molecule has 0 aliphatic carbocycles. The summed E-state index contributed by atoms with van der Waals surface area (Å²) in [5.74, 6) is -2.22. The monoisotopic (exact) mass is 346 g/mol. The zero-order chi connectivity index (χ0) is 15.1. The summed E-state index contributed by atoms with van der Waals surface area (Å²) >= 11 is 2.99. The van der Waals surface area contributed by atoms with Crippen LogP contribution in [0.15, 0.2) is 22.7 Å². The van der Waals surface area contributed by atoms with Crippen LogP contribution >= 0.6 is 15.9 Å². The van der Waals surface area contributed by atoms with E-state index in [4.69, 9.17) is 5.11 Å². The summed E-state index contributed by atoms with van der Waals surface area (Å²) in [5.41, 5.74) is 0.195. The Bertz CT molecular complexity index is 497. The van der Waals surface area contributed by atoms with Crippen molar-refractivity contribution >= 4 is 33.4 Å². The third kappa shape index (κ3) is 4.90. The molecule has 0 spiro atoms. The second kappa shape index (κ2) is 7.96. The minimum Gasteiger partial charge on any atom is -0.396 e. The Labute approximate surface area is 124 Å². The molecule has 20 heavy (non-hydrogen) atoms. The lowest BCUT2D eigenvalue weighted by Crippen LogP contribution is -2.42. The van der Waals surface area contributed by atoms with Crippen LogP contribution < -0.4 is 10.6 Å². The zero-order valence-corrected chi connectivity index (χ0v) is 12.5. The van der Waals surface area contributed by atoms with Crippen molar-refractivity contribution in [3.63, 3.8) is 0 Å². The molecule has 0 fully saturated rings. The van der Waals surface area contributed by atoms with Crippen LogP contribution in [0, 0.1) is 5.82 Å². The van der Waals surface area contributed by atoms with Crippen molar-refractivity contribution in [3.8, 4) is 0 Å². The Morgan fingerprint density at radius 2 is 2.10 bits per heavy atom. The molecule has 0 heterocycles. The van der Waals surface area contributed by atoms with Crippen molar-refractivity contribution < 1.29 is 19.1 Å². The maximum atomic E-state index is 13.3. The fourth-order valence-corrected chi connectivity index (χ4v) is 1.79. The number of hydrogen-bond donors (Lipinski definition) is 3. The first-order chi connectivity index (χ1) is 9.47. The number of nitrogens with one attached hydrogen (secondary N) is 2. The normalized spacial score (nSPS) is 11.8. The molecule has 0 saturated carbocycles. The molecule has 1 unspecified atom stereocenters. The third-order valence-electron chi connectivity index (χ3n) is 2.69. The number of benzene rings is 1. The SMILES string of the molecule is CCC(CCO)NC(=O)C(=O)Nc1ccc(Br)c(F)c1. The molecule has 0 radical (unpaired) electrons. The molecule has 3 N–H and O–H groups in total. The molecule has 0 saturated heterocycles. The van der Waals surface area contributed by atoms with Gasteiger partial charge in [-0.15, -0.1) is 0 Å². The van der Waals surface area contributed by atoms with E-state index in [1.807, 2.05) is 6.92 Å². The summed E-state index contributed by atoms with van der Waals surface area (Å²) in [5, 5.41) is 13.6. The number of halogens is 2. The standard InChI is InChI=1S/C13H16BrFN2O3/c1-2-8(5-6-18)16-12(19)13(20)17-9-3-4-10(14)11(15)7-9/h3-4,7-8,18H,2,5-6H2,1H3,(H,16,19)(H,17,20). The van der Waals surface area contributed by atoms with Gasteiger partial charge in [0.05, 0.1) is 4.47 Å². The number of carbonyl (C=O) groups is 2. The second-order valence-electron chi connectivity index (χ2n) is 4.17. The Hall–Kier alpha value is -1.47. The Morgan fingerprint density at radius 3 is 2.65 bits per heavy atom. The zero-order valence-electron chi connectivity index (χ0n) is 11.0. The minimum atomic E-state index is -0.872. The van der Waals surface area contributed by atoms with E-state index < -0.39 is 17.6 Å². The van der Waals surface area contributed by atoms with Crippen LogP contribution in [-0.4, -0.2) is 29.6 Å². The van der Waals surface area contributed by atoms with E-state index in [0.717, 1.165) is 6.07 Å². The van der Waals surface area contributed by atoms with Gasteiger partial charge < -0.3 is 15.7 Å². The highest BCUT2D eigenvalue weighted by Gasteiger charge is 2.17. The summed E-state index contributed by atoms with van der Waals surface area (Å²) in [4.78, 5) is 23.3. The molecule has 1 atom stereocenters. The van der Waals surface area contributed by atoms with Gasteiger partial charge >= 0.3 is 11.8 Å². The maximum absolute atomic E-state index is 13.3. The predicted octanol–water partition coefficient (Wildman–Crippen LogP) is 1.80. The van der Waals surface area contributed by atoms with Crippen LogP contribution in [0.5, 0.6) is 0 Å². The number of aliphatic hydroxyl groups excluding tert-OH is 1. The third-order valence-corrected chi connectivity index (χ3v) is 3.33. The number of aliphatic hydroxyl groups is 1. The average Bonchev–Trinajstić information content (AvgIpc) is 2.42. The molecular weight excluding hydrogens is 331 g/mol. The molecule has 0 bridgehead atoms. The molecule has 1 aromatic rings. The van der Waals surface area contributed by atoms with Crippen LogP contribution in [0.4, 0.5) is 10.1 Å². The van der Waals surface area contributed by atoms with E-state index in [-0.39, 0.29) is 22.8 Å². The minimum absolute atomic E-state index is 0.0711. The molecular formula is C13H16BrFN2O3. The van der Waals surface area contributed by atoms with Gasteiger partial charge in [0.2, 0.25) is 0 Å². The summed E-state index contributed by atoms with van der Waals surface area (Å²) in [6, 6.07) is 3.76. The van der Waals surface area contributed by atoms with Crippen molar-refractivity contribution in [1.29, 1.82) is 0 Å². The fraction of sp³-hybridized carbons (Fsp3) is 0.385. The van der Waals surface area contributed by atoms with Gasteiger partial charge in [0.1, 0.15) is 5.82 Å². The maximum Gasteiger partial charge on any atom is 0.313 e. The largest absolute Gasteiger partial charge is 0.396 e. The van der Waals surface area contributed by atoms with Gasteiger partial charge in [-0.3, -0.25) is 9.59 Å². The second-order valence-corrected chi connectivity index (χ2v) is 5.03. The van der Waals surface area contributed by atoms with E-state index in [1.165, 1.54) is 12.1 Å². The van der Waals surface area contributed by atoms with Crippen molar-refractivity contribution in [1.82, 2.24) is 5.32 Å². The van der Waals surface area contributed by atoms with Gasteiger partial charge in [-0.05, 0) is 47.0 Å². The molecule has 1 rings (SSSR count). The Kier molecular flexibility index (Phi) is 6.60. The molecule has 1 aromatic carbocycles. The molecule has 0 aromatic heterocycles. The van der Waals surface area contributed by atoms with Crippen LogP contribution in [-0.2, 0) is 9.59 Å². The van der Waals surface area contributed by atoms with Crippen LogP contribution in [0.1, 0.15) is 19.8 Å². The van der Waals surface area contributed by atoms with Crippen molar-refractivity contribution in [2.24, 2.45) is 0 Å². The van der Waals surface area contributed by atoms with Crippen LogP contribution in [0.25, 0.3) is 0 Å². The fourth-order valence-electron chi connectivity index (χ4n) is 1.55. The lowest BCUT2D eigenvalue weighted by atomic mass is 10.1. The number of rotatable bonds is 5. The highest BCUT2D eigenvalue weighted by Crippen LogP contribution is 2.19. The number of carbonyl (C=O) groups excluding carboxylic acids is 2.